The molecule has 0 aliphatic heterocycles. The molecule has 21 heavy (non-hydrogen) atoms. The van der Waals surface area contributed by atoms with E-state index in [9.17, 15) is 4.79 Å². The number of aryl methyl sites for hydroxylation is 2. The number of aromatic nitrogens is 5. The maximum Gasteiger partial charge on any atom is 0.319 e. The predicted molar refractivity (Wildman–Crippen MR) is 79.9 cm³/mol. The summed E-state index contributed by atoms with van der Waals surface area (Å²) in [6.07, 6.45) is 0.865. The summed E-state index contributed by atoms with van der Waals surface area (Å²) in [5.74, 6) is 0.380. The van der Waals surface area contributed by atoms with Gasteiger partial charge in [-0.05, 0) is 26.3 Å². The molecule has 1 atom stereocenters. The molecule has 2 rings (SSSR count). The summed E-state index contributed by atoms with van der Waals surface area (Å²) < 4.78 is 6.73. The molecule has 1 N–H and O–H groups in total. The van der Waals surface area contributed by atoms with Crippen molar-refractivity contribution >= 4 is 17.7 Å². The highest BCUT2D eigenvalue weighted by Crippen LogP contribution is 2.23. The van der Waals surface area contributed by atoms with Crippen molar-refractivity contribution in [2.24, 2.45) is 7.05 Å². The molecule has 7 nitrogen and oxygen atoms in total. The molecule has 0 aromatic carbocycles. The van der Waals surface area contributed by atoms with E-state index in [2.05, 4.69) is 27.2 Å². The number of carbonyl (C=O) groups excluding carboxylic acids is 1. The molecule has 0 spiro atoms. The molecular weight excluding hydrogens is 290 g/mol. The van der Waals surface area contributed by atoms with E-state index in [1.165, 1.54) is 11.8 Å². The minimum Gasteiger partial charge on any atom is -0.465 e. The molecule has 114 valence electrons. The summed E-state index contributed by atoms with van der Waals surface area (Å²) in [6, 6.07) is 1.98. The Kier molecular flexibility index (Phi) is 5.00. The third-order valence-electron chi connectivity index (χ3n) is 2.90. The zero-order valence-electron chi connectivity index (χ0n) is 12.6. The molecule has 2 heterocycles. The first-order chi connectivity index (χ1) is 10.0. The van der Waals surface area contributed by atoms with Gasteiger partial charge < -0.3 is 4.74 Å². The Hall–Kier alpha value is -1.83. The molecule has 0 aliphatic rings. The van der Waals surface area contributed by atoms with Crippen LogP contribution in [-0.4, -0.2) is 42.8 Å². The summed E-state index contributed by atoms with van der Waals surface area (Å²) in [5, 5.41) is 11.6. The number of esters is 1. The molecule has 0 saturated heterocycles. The van der Waals surface area contributed by atoms with Crippen molar-refractivity contribution in [2.45, 2.75) is 37.6 Å². The highest BCUT2D eigenvalue weighted by atomic mass is 32.2. The first kappa shape index (κ1) is 15.6. The number of rotatable bonds is 6. The van der Waals surface area contributed by atoms with Crippen molar-refractivity contribution in [3.63, 3.8) is 0 Å². The number of thioether (sulfide) groups is 1. The number of carbonyl (C=O) groups is 1. The van der Waals surface area contributed by atoms with Gasteiger partial charge in [-0.25, -0.2) is 0 Å². The van der Waals surface area contributed by atoms with E-state index < -0.39 is 0 Å². The first-order valence-corrected chi connectivity index (χ1v) is 7.72. The lowest BCUT2D eigenvalue weighted by atomic mass is 10.3. The lowest BCUT2D eigenvalue weighted by Crippen LogP contribution is -2.16. The fourth-order valence-corrected chi connectivity index (χ4v) is 2.52. The molecule has 0 amide bonds. The Morgan fingerprint density at radius 2 is 2.29 bits per heavy atom. The minimum absolute atomic E-state index is 0.261. The average Bonchev–Trinajstić information content (AvgIpc) is 3.05. The molecule has 8 heteroatoms. The van der Waals surface area contributed by atoms with Gasteiger partial charge in [-0.1, -0.05) is 18.7 Å². The van der Waals surface area contributed by atoms with Crippen LogP contribution in [0.25, 0.3) is 11.5 Å². The second kappa shape index (κ2) is 6.75. The standard InChI is InChI=1S/C13H19N5O2S/c1-5-9-7-10(18(4)17-9)11-14-13(16-15-11)21-8(3)12(19)20-6-2/h7-8H,5-6H2,1-4H3,(H,14,15,16). The first-order valence-electron chi connectivity index (χ1n) is 6.84. The van der Waals surface area contributed by atoms with Crippen LogP contribution in [-0.2, 0) is 23.0 Å². The van der Waals surface area contributed by atoms with E-state index in [1.54, 1.807) is 18.5 Å². The number of nitrogens with zero attached hydrogens (tertiary/aromatic N) is 4. The number of ether oxygens (including phenoxy) is 1. The van der Waals surface area contributed by atoms with Gasteiger partial charge in [0, 0.05) is 7.05 Å². The second-order valence-electron chi connectivity index (χ2n) is 4.48. The maximum absolute atomic E-state index is 11.6. The lowest BCUT2D eigenvalue weighted by molar-refractivity contribution is -0.142. The molecule has 0 bridgehead atoms. The van der Waals surface area contributed by atoms with Crippen molar-refractivity contribution in [3.05, 3.63) is 11.8 Å². The van der Waals surface area contributed by atoms with Crippen molar-refractivity contribution in [1.82, 2.24) is 25.0 Å². The third kappa shape index (κ3) is 3.63. The Labute approximate surface area is 127 Å². The van der Waals surface area contributed by atoms with Gasteiger partial charge >= 0.3 is 5.97 Å². The number of hydrogen-bond donors (Lipinski definition) is 1. The molecule has 0 saturated carbocycles. The largest absolute Gasteiger partial charge is 0.465 e. The van der Waals surface area contributed by atoms with Crippen LogP contribution >= 0.6 is 11.8 Å². The SMILES string of the molecule is CCOC(=O)C(C)Sc1n[nH]c(-c2cc(CC)nn2C)n1. The monoisotopic (exact) mass is 309 g/mol. The van der Waals surface area contributed by atoms with E-state index in [-0.39, 0.29) is 11.2 Å². The predicted octanol–water partition coefficient (Wildman–Crippen LogP) is 1.81. The van der Waals surface area contributed by atoms with Crippen LogP contribution in [0.5, 0.6) is 0 Å². The van der Waals surface area contributed by atoms with Crippen LogP contribution in [0.1, 0.15) is 26.5 Å². The van der Waals surface area contributed by atoms with Crippen LogP contribution in [0, 0.1) is 0 Å². The van der Waals surface area contributed by atoms with E-state index >= 15 is 0 Å². The zero-order chi connectivity index (χ0) is 15.4. The Morgan fingerprint density at radius 3 is 2.90 bits per heavy atom. The fraction of sp³-hybridized carbons (Fsp3) is 0.538. The Bertz CT molecular complexity index is 622. The third-order valence-corrected chi connectivity index (χ3v) is 3.84. The van der Waals surface area contributed by atoms with E-state index in [1.807, 2.05) is 13.1 Å². The van der Waals surface area contributed by atoms with E-state index in [4.69, 9.17) is 4.74 Å². The molecule has 0 fully saturated rings. The van der Waals surface area contributed by atoms with Gasteiger partial charge in [0.25, 0.3) is 0 Å². The van der Waals surface area contributed by atoms with Gasteiger partial charge in [0.1, 0.15) is 10.9 Å². The van der Waals surface area contributed by atoms with Crippen LogP contribution in [0.15, 0.2) is 11.2 Å². The van der Waals surface area contributed by atoms with Gasteiger partial charge in [0.2, 0.25) is 5.16 Å². The van der Waals surface area contributed by atoms with Gasteiger partial charge in [-0.15, -0.1) is 5.10 Å². The number of hydrogen-bond acceptors (Lipinski definition) is 6. The van der Waals surface area contributed by atoms with Crippen LogP contribution < -0.4 is 0 Å². The van der Waals surface area contributed by atoms with E-state index in [0.29, 0.717) is 17.6 Å². The maximum atomic E-state index is 11.6. The van der Waals surface area contributed by atoms with Crippen LogP contribution in [0.4, 0.5) is 0 Å². The summed E-state index contributed by atoms with van der Waals surface area (Å²) in [5.41, 5.74) is 1.87. The van der Waals surface area contributed by atoms with Crippen molar-refractivity contribution in [2.75, 3.05) is 6.61 Å². The molecule has 2 aromatic heterocycles. The number of nitrogens with one attached hydrogen (secondary N) is 1. The topological polar surface area (TPSA) is 85.7 Å². The van der Waals surface area contributed by atoms with E-state index in [0.717, 1.165) is 17.8 Å². The number of aromatic amines is 1. The Balaban J connectivity index is 2.10. The van der Waals surface area contributed by atoms with Crippen molar-refractivity contribution in [3.8, 4) is 11.5 Å². The van der Waals surface area contributed by atoms with Gasteiger partial charge in [-0.3, -0.25) is 14.6 Å². The molecule has 0 radical (unpaired) electrons. The Morgan fingerprint density at radius 1 is 1.52 bits per heavy atom. The lowest BCUT2D eigenvalue weighted by Gasteiger charge is -2.06. The smallest absolute Gasteiger partial charge is 0.319 e. The molecule has 0 aliphatic carbocycles. The average molecular weight is 309 g/mol. The summed E-state index contributed by atoms with van der Waals surface area (Å²) in [7, 11) is 1.87. The fourth-order valence-electron chi connectivity index (χ4n) is 1.80. The van der Waals surface area contributed by atoms with Crippen molar-refractivity contribution in [1.29, 1.82) is 0 Å². The van der Waals surface area contributed by atoms with Gasteiger partial charge in [0.15, 0.2) is 5.82 Å². The number of H-pyrrole nitrogens is 1. The highest BCUT2D eigenvalue weighted by Gasteiger charge is 2.19. The minimum atomic E-state index is -0.341. The zero-order valence-corrected chi connectivity index (χ0v) is 13.4. The van der Waals surface area contributed by atoms with Crippen LogP contribution in [0.2, 0.25) is 0 Å². The van der Waals surface area contributed by atoms with Crippen LogP contribution in [0.3, 0.4) is 0 Å². The quantitative estimate of drug-likeness (QED) is 0.647. The molecule has 1 unspecified atom stereocenters. The summed E-state index contributed by atoms with van der Waals surface area (Å²) >= 11 is 1.27. The molecular formula is C13H19N5O2S. The summed E-state index contributed by atoms with van der Waals surface area (Å²) in [4.78, 5) is 16.0. The normalized spacial score (nSPS) is 12.4. The highest BCUT2D eigenvalue weighted by molar-refractivity contribution is 8.00. The second-order valence-corrected chi connectivity index (χ2v) is 5.78. The summed E-state index contributed by atoms with van der Waals surface area (Å²) in [6.45, 7) is 5.98. The van der Waals surface area contributed by atoms with Gasteiger partial charge in [0.05, 0.1) is 12.3 Å². The van der Waals surface area contributed by atoms with Gasteiger partial charge in [-0.2, -0.15) is 10.1 Å². The van der Waals surface area contributed by atoms with Crippen molar-refractivity contribution < 1.29 is 9.53 Å². The molecule has 2 aromatic rings.